The van der Waals surface area contributed by atoms with Gasteiger partial charge in [-0.25, -0.2) is 9.97 Å². The van der Waals surface area contributed by atoms with Crippen molar-refractivity contribution in [3.8, 4) is 11.3 Å². The lowest BCUT2D eigenvalue weighted by Gasteiger charge is -2.08. The molecule has 2 aromatic carbocycles. The van der Waals surface area contributed by atoms with E-state index in [0.717, 1.165) is 32.7 Å². The number of benzene rings is 2. The van der Waals surface area contributed by atoms with Gasteiger partial charge >= 0.3 is 0 Å². The van der Waals surface area contributed by atoms with Crippen molar-refractivity contribution in [1.82, 2.24) is 20.2 Å². The Kier molecular flexibility index (Phi) is 3.89. The standard InChI is InChI=1S/C19H17N5S/c1-11-5-3-6-13(9-11)25-19-21-15-8-4-7-14(17(15)18(20)22-19)16-10-12(2)23-24-16/h3-10H,1-2H3,(H,23,24)(H2,20,21,22). The van der Waals surface area contributed by atoms with Crippen LogP contribution in [0.3, 0.4) is 0 Å². The zero-order valence-electron chi connectivity index (χ0n) is 13.9. The molecule has 5 nitrogen and oxygen atoms in total. The molecule has 124 valence electrons. The molecule has 0 aliphatic heterocycles. The molecule has 2 aromatic heterocycles. The molecule has 0 radical (unpaired) electrons. The number of nitrogen functional groups attached to an aromatic ring is 1. The van der Waals surface area contributed by atoms with E-state index in [-0.39, 0.29) is 0 Å². The molecule has 0 unspecified atom stereocenters. The van der Waals surface area contributed by atoms with Crippen molar-refractivity contribution in [1.29, 1.82) is 0 Å². The molecule has 4 rings (SSSR count). The number of hydrogen-bond acceptors (Lipinski definition) is 5. The highest BCUT2D eigenvalue weighted by Gasteiger charge is 2.13. The van der Waals surface area contributed by atoms with Crippen molar-refractivity contribution in [3.63, 3.8) is 0 Å². The van der Waals surface area contributed by atoms with Crippen molar-refractivity contribution in [2.45, 2.75) is 23.9 Å². The number of aromatic nitrogens is 4. The Morgan fingerprint density at radius 1 is 1.00 bits per heavy atom. The third-order valence-electron chi connectivity index (χ3n) is 3.91. The minimum absolute atomic E-state index is 0.469. The number of aryl methyl sites for hydroxylation is 2. The Bertz CT molecular complexity index is 1070. The van der Waals surface area contributed by atoms with Crippen LogP contribution in [0, 0.1) is 13.8 Å². The second-order valence-corrected chi connectivity index (χ2v) is 6.99. The molecular weight excluding hydrogens is 330 g/mol. The molecule has 0 aliphatic rings. The van der Waals surface area contributed by atoms with Crippen LogP contribution >= 0.6 is 11.8 Å². The Balaban J connectivity index is 1.80. The third kappa shape index (κ3) is 3.08. The smallest absolute Gasteiger partial charge is 0.194 e. The number of anilines is 1. The van der Waals surface area contributed by atoms with E-state index in [1.165, 1.54) is 17.3 Å². The number of nitrogens with one attached hydrogen (secondary N) is 1. The van der Waals surface area contributed by atoms with Crippen molar-refractivity contribution in [2.24, 2.45) is 0 Å². The Labute approximate surface area is 149 Å². The summed E-state index contributed by atoms with van der Waals surface area (Å²) in [6.07, 6.45) is 0. The van der Waals surface area contributed by atoms with E-state index in [1.807, 2.05) is 43.3 Å². The Hall–Kier alpha value is -2.86. The van der Waals surface area contributed by atoms with Crippen LogP contribution in [0.5, 0.6) is 0 Å². The number of hydrogen-bond donors (Lipinski definition) is 2. The maximum Gasteiger partial charge on any atom is 0.194 e. The second-order valence-electron chi connectivity index (χ2n) is 5.95. The molecule has 0 aliphatic carbocycles. The Morgan fingerprint density at radius 2 is 1.84 bits per heavy atom. The topological polar surface area (TPSA) is 80.5 Å². The number of fused-ring (bicyclic) bond motifs is 1. The van der Waals surface area contributed by atoms with Gasteiger partial charge in [0.2, 0.25) is 0 Å². The fraction of sp³-hybridized carbons (Fsp3) is 0.105. The number of nitrogens with two attached hydrogens (primary N) is 1. The molecule has 6 heteroatoms. The zero-order chi connectivity index (χ0) is 17.4. The first-order valence-corrected chi connectivity index (χ1v) is 8.75. The summed E-state index contributed by atoms with van der Waals surface area (Å²) in [5, 5.41) is 8.78. The lowest BCUT2D eigenvalue weighted by Crippen LogP contribution is -1.98. The van der Waals surface area contributed by atoms with Crippen LogP contribution in [0.2, 0.25) is 0 Å². The molecule has 0 saturated heterocycles. The van der Waals surface area contributed by atoms with E-state index in [4.69, 9.17) is 5.73 Å². The van der Waals surface area contributed by atoms with E-state index in [0.29, 0.717) is 11.0 Å². The molecule has 0 spiro atoms. The highest BCUT2D eigenvalue weighted by atomic mass is 32.2. The predicted octanol–water partition coefficient (Wildman–Crippen LogP) is 4.37. The van der Waals surface area contributed by atoms with Gasteiger partial charge in [-0.2, -0.15) is 5.10 Å². The van der Waals surface area contributed by atoms with E-state index < -0.39 is 0 Å². The Morgan fingerprint density at radius 3 is 2.60 bits per heavy atom. The average Bonchev–Trinajstić information content (AvgIpc) is 3.00. The molecular formula is C19H17N5S. The fourth-order valence-electron chi connectivity index (χ4n) is 2.79. The zero-order valence-corrected chi connectivity index (χ0v) is 14.8. The summed E-state index contributed by atoms with van der Waals surface area (Å²) in [7, 11) is 0. The van der Waals surface area contributed by atoms with E-state index in [1.54, 1.807) is 0 Å². The molecule has 0 atom stereocenters. The first-order valence-electron chi connectivity index (χ1n) is 7.93. The highest BCUT2D eigenvalue weighted by Crippen LogP contribution is 2.33. The molecule has 0 bridgehead atoms. The van der Waals surface area contributed by atoms with Gasteiger partial charge in [0.1, 0.15) is 5.82 Å². The van der Waals surface area contributed by atoms with Crippen molar-refractivity contribution in [3.05, 3.63) is 59.8 Å². The maximum atomic E-state index is 6.28. The number of rotatable bonds is 3. The lowest BCUT2D eigenvalue weighted by atomic mass is 10.1. The number of aromatic amines is 1. The van der Waals surface area contributed by atoms with Gasteiger partial charge in [-0.15, -0.1) is 0 Å². The second kappa shape index (κ2) is 6.22. The monoisotopic (exact) mass is 347 g/mol. The predicted molar refractivity (Wildman–Crippen MR) is 102 cm³/mol. The highest BCUT2D eigenvalue weighted by molar-refractivity contribution is 7.99. The van der Waals surface area contributed by atoms with Gasteiger partial charge in [0.25, 0.3) is 0 Å². The minimum atomic E-state index is 0.469. The third-order valence-corrected chi connectivity index (χ3v) is 4.77. The van der Waals surface area contributed by atoms with Crippen molar-refractivity contribution >= 4 is 28.5 Å². The van der Waals surface area contributed by atoms with Gasteiger partial charge in [0, 0.05) is 16.2 Å². The molecule has 0 fully saturated rings. The van der Waals surface area contributed by atoms with Crippen molar-refractivity contribution < 1.29 is 0 Å². The van der Waals surface area contributed by atoms with Crippen LogP contribution in [0.25, 0.3) is 22.2 Å². The van der Waals surface area contributed by atoms with Crippen LogP contribution in [0.1, 0.15) is 11.3 Å². The summed E-state index contributed by atoms with van der Waals surface area (Å²) in [6.45, 7) is 4.04. The average molecular weight is 347 g/mol. The summed E-state index contributed by atoms with van der Waals surface area (Å²) in [4.78, 5) is 10.3. The number of nitrogens with zero attached hydrogens (tertiary/aromatic N) is 3. The van der Waals surface area contributed by atoms with Crippen LogP contribution < -0.4 is 5.73 Å². The van der Waals surface area contributed by atoms with Gasteiger partial charge in [0.15, 0.2) is 5.16 Å². The van der Waals surface area contributed by atoms with E-state index in [9.17, 15) is 0 Å². The molecule has 25 heavy (non-hydrogen) atoms. The van der Waals surface area contributed by atoms with Gasteiger partial charge in [-0.1, -0.05) is 29.8 Å². The van der Waals surface area contributed by atoms with E-state index >= 15 is 0 Å². The van der Waals surface area contributed by atoms with Crippen LogP contribution in [-0.4, -0.2) is 20.2 Å². The van der Waals surface area contributed by atoms with Gasteiger partial charge < -0.3 is 5.73 Å². The van der Waals surface area contributed by atoms with Crippen molar-refractivity contribution in [2.75, 3.05) is 5.73 Å². The summed E-state index contributed by atoms with van der Waals surface area (Å²) >= 11 is 1.51. The molecule has 4 aromatic rings. The van der Waals surface area contributed by atoms with E-state index in [2.05, 4.69) is 39.2 Å². The van der Waals surface area contributed by atoms with Gasteiger partial charge in [-0.05, 0) is 49.9 Å². The van der Waals surface area contributed by atoms with Gasteiger partial charge in [-0.3, -0.25) is 5.10 Å². The van der Waals surface area contributed by atoms with Crippen LogP contribution in [0.4, 0.5) is 5.82 Å². The fourth-order valence-corrected chi connectivity index (χ4v) is 3.68. The first kappa shape index (κ1) is 15.7. The quantitative estimate of drug-likeness (QED) is 0.538. The van der Waals surface area contributed by atoms with Crippen LogP contribution in [-0.2, 0) is 0 Å². The molecule has 0 amide bonds. The summed E-state index contributed by atoms with van der Waals surface area (Å²) in [5.41, 5.74) is 11.1. The molecule has 2 heterocycles. The summed E-state index contributed by atoms with van der Waals surface area (Å²) < 4.78 is 0. The normalized spacial score (nSPS) is 11.1. The lowest BCUT2D eigenvalue weighted by molar-refractivity contribution is 1.01. The molecule has 0 saturated carbocycles. The largest absolute Gasteiger partial charge is 0.383 e. The summed E-state index contributed by atoms with van der Waals surface area (Å²) in [6, 6.07) is 16.2. The molecule has 3 N–H and O–H groups in total. The number of H-pyrrole nitrogens is 1. The first-order chi connectivity index (χ1) is 12.1. The van der Waals surface area contributed by atoms with Crippen LogP contribution in [0.15, 0.2) is 58.6 Å². The summed E-state index contributed by atoms with van der Waals surface area (Å²) in [5.74, 6) is 0.469. The maximum absolute atomic E-state index is 6.28. The van der Waals surface area contributed by atoms with Gasteiger partial charge in [0.05, 0.1) is 16.6 Å². The minimum Gasteiger partial charge on any atom is -0.383 e. The SMILES string of the molecule is Cc1cccc(Sc2nc(N)c3c(-c4cc(C)[nH]n4)cccc3n2)c1.